The van der Waals surface area contributed by atoms with Crippen LogP contribution in [0.15, 0.2) is 48.0 Å². The first kappa shape index (κ1) is 21.6. The summed E-state index contributed by atoms with van der Waals surface area (Å²) < 4.78 is 0. The number of hydrogen-bond acceptors (Lipinski definition) is 3. The number of carbonyl (C=O) groups is 1. The molecular formula is C26H31N3O. The minimum Gasteiger partial charge on any atom is -0.364 e. The first-order chi connectivity index (χ1) is 14.1. The van der Waals surface area contributed by atoms with E-state index < -0.39 is 0 Å². The molecule has 4 nitrogen and oxygen atoms in total. The molecule has 30 heavy (non-hydrogen) atoms. The lowest BCUT2D eigenvalue weighted by molar-refractivity contribution is -0.112. The van der Waals surface area contributed by atoms with Crippen LogP contribution < -0.4 is 10.2 Å². The summed E-state index contributed by atoms with van der Waals surface area (Å²) in [6, 6.07) is 16.3. The van der Waals surface area contributed by atoms with Crippen LogP contribution in [0.25, 0.3) is 6.08 Å². The highest BCUT2D eigenvalue weighted by Crippen LogP contribution is 2.44. The standard InChI is InChI=1S/C26H31N3O/c1-17(2)29-24-11-10-20(14-23(24)19(4)15-26(29,5)6)13-21(16-27)25(30)28-22-9-7-8-18(3)12-22/h7-14,17,19H,15H2,1-6H3,(H,28,30)/b21-13-/t19-/m1/s1. The average molecular weight is 402 g/mol. The molecule has 0 unspecified atom stereocenters. The smallest absolute Gasteiger partial charge is 0.266 e. The van der Waals surface area contributed by atoms with Crippen LogP contribution >= 0.6 is 0 Å². The van der Waals surface area contributed by atoms with Crippen molar-refractivity contribution in [2.75, 3.05) is 10.2 Å². The molecule has 0 bridgehead atoms. The van der Waals surface area contributed by atoms with E-state index in [1.165, 1.54) is 11.3 Å². The zero-order chi connectivity index (χ0) is 22.1. The van der Waals surface area contributed by atoms with E-state index in [1.54, 1.807) is 6.08 Å². The van der Waals surface area contributed by atoms with Crippen LogP contribution in [0.2, 0.25) is 0 Å². The zero-order valence-electron chi connectivity index (χ0n) is 18.8. The Labute approximate surface area is 180 Å². The molecule has 0 aliphatic carbocycles. The normalized spacial score (nSPS) is 18.0. The third-order valence-corrected chi connectivity index (χ3v) is 5.77. The molecule has 1 aliphatic heterocycles. The van der Waals surface area contributed by atoms with Gasteiger partial charge in [-0.15, -0.1) is 0 Å². The van der Waals surface area contributed by atoms with E-state index in [9.17, 15) is 10.1 Å². The van der Waals surface area contributed by atoms with Gasteiger partial charge in [-0.1, -0.05) is 25.1 Å². The molecule has 0 aromatic heterocycles. The van der Waals surface area contributed by atoms with E-state index in [4.69, 9.17) is 0 Å². The Balaban J connectivity index is 1.92. The van der Waals surface area contributed by atoms with Crippen LogP contribution in [0, 0.1) is 18.3 Å². The maximum absolute atomic E-state index is 12.6. The Bertz CT molecular complexity index is 1030. The van der Waals surface area contributed by atoms with Crippen molar-refractivity contribution in [2.45, 2.75) is 65.5 Å². The first-order valence-corrected chi connectivity index (χ1v) is 10.6. The Kier molecular flexibility index (Phi) is 6.03. The number of amides is 1. The Morgan fingerprint density at radius 3 is 2.63 bits per heavy atom. The quantitative estimate of drug-likeness (QED) is 0.502. The summed E-state index contributed by atoms with van der Waals surface area (Å²) in [5.41, 5.74) is 5.32. The van der Waals surface area contributed by atoms with E-state index in [2.05, 4.69) is 63.0 Å². The molecule has 1 atom stereocenters. The van der Waals surface area contributed by atoms with Gasteiger partial charge in [0, 0.05) is 23.0 Å². The molecule has 1 N–H and O–H groups in total. The predicted molar refractivity (Wildman–Crippen MR) is 125 cm³/mol. The molecule has 156 valence electrons. The van der Waals surface area contributed by atoms with E-state index in [0.717, 1.165) is 17.5 Å². The summed E-state index contributed by atoms with van der Waals surface area (Å²) in [4.78, 5) is 15.1. The monoisotopic (exact) mass is 401 g/mol. The maximum atomic E-state index is 12.6. The molecule has 1 aliphatic rings. The minimum absolute atomic E-state index is 0.0868. The highest BCUT2D eigenvalue weighted by molar-refractivity contribution is 6.09. The molecule has 4 heteroatoms. The topological polar surface area (TPSA) is 56.1 Å². The molecule has 2 aromatic rings. The highest BCUT2D eigenvalue weighted by Gasteiger charge is 2.37. The fraction of sp³-hybridized carbons (Fsp3) is 0.385. The molecule has 0 fully saturated rings. The van der Waals surface area contributed by atoms with Crippen molar-refractivity contribution in [3.63, 3.8) is 0 Å². The van der Waals surface area contributed by atoms with Crippen molar-refractivity contribution < 1.29 is 4.79 Å². The number of carbonyl (C=O) groups excluding carboxylic acids is 1. The number of fused-ring (bicyclic) bond motifs is 1. The molecule has 0 spiro atoms. The molecular weight excluding hydrogens is 370 g/mol. The van der Waals surface area contributed by atoms with Gasteiger partial charge < -0.3 is 10.2 Å². The van der Waals surface area contributed by atoms with Gasteiger partial charge in [0.15, 0.2) is 0 Å². The number of benzene rings is 2. The Hall–Kier alpha value is -3.06. The van der Waals surface area contributed by atoms with Gasteiger partial charge in [-0.3, -0.25) is 4.79 Å². The number of anilines is 2. The fourth-order valence-corrected chi connectivity index (χ4v) is 4.77. The number of nitrogens with one attached hydrogen (secondary N) is 1. The van der Waals surface area contributed by atoms with Crippen LogP contribution in [0.3, 0.4) is 0 Å². The number of rotatable bonds is 4. The van der Waals surface area contributed by atoms with Crippen molar-refractivity contribution in [1.29, 1.82) is 5.26 Å². The lowest BCUT2D eigenvalue weighted by atomic mass is 9.79. The second-order valence-corrected chi connectivity index (χ2v) is 9.19. The third-order valence-electron chi connectivity index (χ3n) is 5.77. The van der Waals surface area contributed by atoms with E-state index >= 15 is 0 Å². The predicted octanol–water partition coefficient (Wildman–Crippen LogP) is 6.04. The van der Waals surface area contributed by atoms with Crippen LogP contribution in [-0.4, -0.2) is 17.5 Å². The van der Waals surface area contributed by atoms with Crippen LogP contribution in [-0.2, 0) is 4.79 Å². The highest BCUT2D eigenvalue weighted by atomic mass is 16.1. The van der Waals surface area contributed by atoms with Crippen LogP contribution in [0.5, 0.6) is 0 Å². The first-order valence-electron chi connectivity index (χ1n) is 10.6. The molecule has 1 heterocycles. The van der Waals surface area contributed by atoms with E-state index in [0.29, 0.717) is 17.6 Å². The number of aryl methyl sites for hydroxylation is 1. The van der Waals surface area contributed by atoms with Crippen molar-refractivity contribution >= 4 is 23.4 Å². The summed E-state index contributed by atoms with van der Waals surface area (Å²) in [6.07, 6.45) is 2.74. The lowest BCUT2D eigenvalue weighted by Gasteiger charge is -2.50. The summed E-state index contributed by atoms with van der Waals surface area (Å²) in [5.74, 6) is 0.0174. The number of hydrogen-bond donors (Lipinski definition) is 1. The summed E-state index contributed by atoms with van der Waals surface area (Å²) in [7, 11) is 0. The second kappa shape index (κ2) is 8.36. The van der Waals surface area contributed by atoms with Gasteiger partial charge in [-0.05, 0) is 94.0 Å². The molecule has 0 saturated heterocycles. The van der Waals surface area contributed by atoms with Crippen molar-refractivity contribution in [1.82, 2.24) is 0 Å². The van der Waals surface area contributed by atoms with Gasteiger partial charge in [-0.2, -0.15) is 5.26 Å². The SMILES string of the molecule is Cc1cccc(NC(=O)/C(C#N)=C\c2ccc3c(c2)[C@H](C)CC(C)(C)N3C(C)C)c1. The van der Waals surface area contributed by atoms with Gasteiger partial charge in [0.05, 0.1) is 0 Å². The van der Waals surface area contributed by atoms with Gasteiger partial charge >= 0.3 is 0 Å². The zero-order valence-corrected chi connectivity index (χ0v) is 18.8. The van der Waals surface area contributed by atoms with Gasteiger partial charge in [0.25, 0.3) is 5.91 Å². The fourth-order valence-electron chi connectivity index (χ4n) is 4.77. The van der Waals surface area contributed by atoms with Crippen molar-refractivity contribution in [3.8, 4) is 6.07 Å². The average Bonchev–Trinajstić information content (AvgIpc) is 2.65. The van der Waals surface area contributed by atoms with Gasteiger partial charge in [-0.25, -0.2) is 0 Å². The Morgan fingerprint density at radius 1 is 1.27 bits per heavy atom. The molecule has 0 saturated carbocycles. The minimum atomic E-state index is -0.390. The molecule has 1 amide bonds. The van der Waals surface area contributed by atoms with Crippen molar-refractivity contribution in [2.24, 2.45) is 0 Å². The second-order valence-electron chi connectivity index (χ2n) is 9.19. The lowest BCUT2D eigenvalue weighted by Crippen LogP contribution is -2.51. The van der Waals surface area contributed by atoms with E-state index in [-0.39, 0.29) is 17.0 Å². The van der Waals surface area contributed by atoms with Crippen LogP contribution in [0.4, 0.5) is 11.4 Å². The maximum Gasteiger partial charge on any atom is 0.266 e. The number of nitrogens with zero attached hydrogens (tertiary/aromatic N) is 2. The number of nitriles is 1. The third kappa shape index (κ3) is 4.41. The molecule has 2 aromatic carbocycles. The molecule has 0 radical (unpaired) electrons. The molecule has 3 rings (SSSR count). The van der Waals surface area contributed by atoms with Gasteiger partial charge in [0.1, 0.15) is 11.6 Å². The largest absolute Gasteiger partial charge is 0.364 e. The summed E-state index contributed by atoms with van der Waals surface area (Å²) >= 11 is 0. The summed E-state index contributed by atoms with van der Waals surface area (Å²) in [6.45, 7) is 13.2. The van der Waals surface area contributed by atoms with Crippen molar-refractivity contribution in [3.05, 3.63) is 64.7 Å². The van der Waals surface area contributed by atoms with E-state index in [1.807, 2.05) is 37.3 Å². The Morgan fingerprint density at radius 2 is 2.00 bits per heavy atom. The van der Waals surface area contributed by atoms with Gasteiger partial charge in [0.2, 0.25) is 0 Å². The van der Waals surface area contributed by atoms with Crippen LogP contribution in [0.1, 0.15) is 63.6 Å². The summed E-state index contributed by atoms with van der Waals surface area (Å²) in [5, 5.41) is 12.4.